The van der Waals surface area contributed by atoms with Gasteiger partial charge in [0.15, 0.2) is 0 Å². The zero-order valence-corrected chi connectivity index (χ0v) is 13.4. The largest absolute Gasteiger partial charge is 0.353 e. The fourth-order valence-corrected chi connectivity index (χ4v) is 4.01. The number of hydrogen-bond acceptors (Lipinski definition) is 2. The first-order valence-corrected chi connectivity index (χ1v) is 8.56. The quantitative estimate of drug-likeness (QED) is 0.750. The zero-order chi connectivity index (χ0) is 14.1. The summed E-state index contributed by atoms with van der Waals surface area (Å²) in [7, 11) is 0. The molecule has 0 amide bonds. The molecule has 1 saturated heterocycles. The highest BCUT2D eigenvalue weighted by Crippen LogP contribution is 2.39. The van der Waals surface area contributed by atoms with Gasteiger partial charge in [-0.1, -0.05) is 20.3 Å². The number of piperidine rings is 1. The van der Waals surface area contributed by atoms with Gasteiger partial charge >= 0.3 is 0 Å². The van der Waals surface area contributed by atoms with E-state index in [2.05, 4.69) is 30.9 Å². The Labute approximate surface area is 127 Å². The van der Waals surface area contributed by atoms with Gasteiger partial charge in [-0.25, -0.2) is 4.98 Å². The molecule has 2 nitrogen and oxygen atoms in total. The molecule has 0 spiro atoms. The lowest BCUT2D eigenvalue weighted by molar-refractivity contribution is 0.360. The Morgan fingerprint density at radius 3 is 2.80 bits per heavy atom. The van der Waals surface area contributed by atoms with Crippen LogP contribution < -0.4 is 4.90 Å². The molecule has 2 unspecified atom stereocenters. The van der Waals surface area contributed by atoms with Crippen LogP contribution in [0.2, 0.25) is 0 Å². The van der Waals surface area contributed by atoms with E-state index in [1.165, 1.54) is 49.2 Å². The van der Waals surface area contributed by atoms with Crippen molar-refractivity contribution in [3.05, 3.63) is 23.4 Å². The molecule has 3 heteroatoms. The van der Waals surface area contributed by atoms with Crippen LogP contribution in [0.1, 0.15) is 63.1 Å². The molecule has 2 heterocycles. The van der Waals surface area contributed by atoms with E-state index in [9.17, 15) is 0 Å². The van der Waals surface area contributed by atoms with Crippen molar-refractivity contribution < 1.29 is 0 Å². The van der Waals surface area contributed by atoms with Crippen molar-refractivity contribution in [3.8, 4) is 0 Å². The summed E-state index contributed by atoms with van der Waals surface area (Å²) in [6.45, 7) is 5.58. The van der Waals surface area contributed by atoms with Crippen molar-refractivity contribution in [2.24, 2.45) is 5.92 Å². The van der Waals surface area contributed by atoms with Crippen LogP contribution in [0.15, 0.2) is 12.1 Å². The standard InChI is InChI=1S/C17H25ClN2/c1-12(2)15-9-13(11-18)10-17(19-15)20-8-4-6-14-5-3-7-16(14)20/h9-10,12,14,16H,3-8,11H2,1-2H3. The summed E-state index contributed by atoms with van der Waals surface area (Å²) in [5, 5.41) is 0. The minimum atomic E-state index is 0.459. The number of pyridine rings is 1. The van der Waals surface area contributed by atoms with Crippen LogP contribution >= 0.6 is 11.6 Å². The zero-order valence-electron chi connectivity index (χ0n) is 12.6. The average molecular weight is 293 g/mol. The second-order valence-electron chi connectivity index (χ2n) is 6.64. The molecule has 1 saturated carbocycles. The molecule has 0 radical (unpaired) electrons. The number of alkyl halides is 1. The molecule has 2 atom stereocenters. The third kappa shape index (κ3) is 2.67. The van der Waals surface area contributed by atoms with Crippen molar-refractivity contribution in [2.75, 3.05) is 11.4 Å². The lowest BCUT2D eigenvalue weighted by Crippen LogP contribution is -2.43. The van der Waals surface area contributed by atoms with Gasteiger partial charge in [0, 0.05) is 24.2 Å². The normalized spacial score (nSPS) is 26.1. The van der Waals surface area contributed by atoms with Gasteiger partial charge in [-0.05, 0) is 55.2 Å². The summed E-state index contributed by atoms with van der Waals surface area (Å²) in [6, 6.07) is 5.10. The van der Waals surface area contributed by atoms with Gasteiger partial charge in [-0.3, -0.25) is 0 Å². The lowest BCUT2D eigenvalue weighted by atomic mass is 9.92. The van der Waals surface area contributed by atoms with E-state index in [0.29, 0.717) is 11.8 Å². The molecule has 0 bridgehead atoms. The fourth-order valence-electron chi connectivity index (χ4n) is 3.85. The molecule has 110 valence electrons. The van der Waals surface area contributed by atoms with Gasteiger partial charge in [0.05, 0.1) is 0 Å². The first-order valence-electron chi connectivity index (χ1n) is 8.02. The summed E-state index contributed by atoms with van der Waals surface area (Å²) < 4.78 is 0. The molecule has 2 fully saturated rings. The summed E-state index contributed by atoms with van der Waals surface area (Å²) in [5.74, 6) is 3.11. The van der Waals surface area contributed by atoms with Gasteiger partial charge in [-0.2, -0.15) is 0 Å². The van der Waals surface area contributed by atoms with Crippen LogP contribution in [0.3, 0.4) is 0 Å². The van der Waals surface area contributed by atoms with Crippen molar-refractivity contribution in [1.82, 2.24) is 4.98 Å². The van der Waals surface area contributed by atoms with Crippen LogP contribution in [0.4, 0.5) is 5.82 Å². The van der Waals surface area contributed by atoms with E-state index >= 15 is 0 Å². The highest BCUT2D eigenvalue weighted by atomic mass is 35.5. The summed E-state index contributed by atoms with van der Waals surface area (Å²) in [6.07, 6.45) is 6.86. The molecule has 1 aliphatic heterocycles. The minimum Gasteiger partial charge on any atom is -0.353 e. The van der Waals surface area contributed by atoms with Gasteiger partial charge in [0.1, 0.15) is 5.82 Å². The van der Waals surface area contributed by atoms with Gasteiger partial charge in [-0.15, -0.1) is 11.6 Å². The SMILES string of the molecule is CC(C)c1cc(CCl)cc(N2CCCC3CCCC32)n1. The molecule has 1 aromatic heterocycles. The number of aromatic nitrogens is 1. The molecule has 0 N–H and O–H groups in total. The summed E-state index contributed by atoms with van der Waals surface area (Å²) in [4.78, 5) is 7.50. The van der Waals surface area contributed by atoms with E-state index < -0.39 is 0 Å². The van der Waals surface area contributed by atoms with Crippen LogP contribution in [-0.4, -0.2) is 17.6 Å². The first-order chi connectivity index (χ1) is 9.69. The Morgan fingerprint density at radius 2 is 2.05 bits per heavy atom. The van der Waals surface area contributed by atoms with Crippen molar-refractivity contribution >= 4 is 17.4 Å². The summed E-state index contributed by atoms with van der Waals surface area (Å²) in [5.41, 5.74) is 2.39. The second kappa shape index (κ2) is 5.93. The number of hydrogen-bond donors (Lipinski definition) is 0. The van der Waals surface area contributed by atoms with Gasteiger partial charge in [0.2, 0.25) is 0 Å². The lowest BCUT2D eigenvalue weighted by Gasteiger charge is -2.39. The maximum atomic E-state index is 6.08. The number of anilines is 1. The van der Waals surface area contributed by atoms with Crippen LogP contribution in [0, 0.1) is 5.92 Å². The Morgan fingerprint density at radius 1 is 1.25 bits per heavy atom. The topological polar surface area (TPSA) is 16.1 Å². The Kier molecular flexibility index (Phi) is 4.21. The number of fused-ring (bicyclic) bond motifs is 1. The van der Waals surface area contributed by atoms with Crippen molar-refractivity contribution in [1.29, 1.82) is 0 Å². The predicted octanol–water partition coefficient (Wildman–Crippen LogP) is 4.71. The monoisotopic (exact) mass is 292 g/mol. The Hall–Kier alpha value is -0.760. The van der Waals surface area contributed by atoms with Gasteiger partial charge in [0.25, 0.3) is 0 Å². The molecular weight excluding hydrogens is 268 g/mol. The van der Waals surface area contributed by atoms with Crippen LogP contribution in [0.25, 0.3) is 0 Å². The maximum absolute atomic E-state index is 6.08. The molecule has 2 aliphatic rings. The highest BCUT2D eigenvalue weighted by molar-refractivity contribution is 6.17. The van der Waals surface area contributed by atoms with E-state index in [4.69, 9.17) is 16.6 Å². The molecule has 20 heavy (non-hydrogen) atoms. The molecule has 1 aliphatic carbocycles. The first kappa shape index (κ1) is 14.2. The third-order valence-electron chi connectivity index (χ3n) is 4.92. The number of nitrogens with zero attached hydrogens (tertiary/aromatic N) is 2. The van der Waals surface area contributed by atoms with E-state index in [1.54, 1.807) is 0 Å². The molecule has 0 aromatic carbocycles. The third-order valence-corrected chi connectivity index (χ3v) is 5.23. The molecule has 3 rings (SSSR count). The van der Waals surface area contributed by atoms with E-state index in [0.717, 1.165) is 18.5 Å². The van der Waals surface area contributed by atoms with Crippen LogP contribution in [0.5, 0.6) is 0 Å². The minimum absolute atomic E-state index is 0.459. The second-order valence-corrected chi connectivity index (χ2v) is 6.91. The number of rotatable bonds is 3. The fraction of sp³-hybridized carbons (Fsp3) is 0.706. The van der Waals surface area contributed by atoms with Crippen LogP contribution in [-0.2, 0) is 5.88 Å². The smallest absolute Gasteiger partial charge is 0.129 e. The van der Waals surface area contributed by atoms with Gasteiger partial charge < -0.3 is 4.90 Å². The molecule has 1 aromatic rings. The van der Waals surface area contributed by atoms with Crippen molar-refractivity contribution in [3.63, 3.8) is 0 Å². The predicted molar refractivity (Wildman–Crippen MR) is 85.6 cm³/mol. The molecular formula is C17H25ClN2. The number of halogens is 1. The maximum Gasteiger partial charge on any atom is 0.129 e. The Balaban J connectivity index is 1.93. The Bertz CT molecular complexity index is 472. The average Bonchev–Trinajstić information content (AvgIpc) is 2.94. The highest BCUT2D eigenvalue weighted by Gasteiger charge is 2.35. The van der Waals surface area contributed by atoms with E-state index in [1.807, 2.05) is 0 Å². The van der Waals surface area contributed by atoms with E-state index in [-0.39, 0.29) is 0 Å². The summed E-state index contributed by atoms with van der Waals surface area (Å²) >= 11 is 6.08. The van der Waals surface area contributed by atoms with Crippen molar-refractivity contribution in [2.45, 2.75) is 63.8 Å².